The molecule has 6 nitrogen and oxygen atoms in total. The third-order valence-corrected chi connectivity index (χ3v) is 4.32. The summed E-state index contributed by atoms with van der Waals surface area (Å²) in [7, 11) is 3.67. The number of pyridine rings is 1. The molecule has 0 unspecified atom stereocenters. The number of nitrogens with one attached hydrogen (secondary N) is 2. The zero-order valence-corrected chi connectivity index (χ0v) is 15.1. The van der Waals surface area contributed by atoms with Crippen molar-refractivity contribution in [3.05, 3.63) is 62.7 Å². The van der Waals surface area contributed by atoms with E-state index in [4.69, 9.17) is 4.74 Å². The molecule has 0 bridgehead atoms. The first-order valence-electron chi connectivity index (χ1n) is 8.30. The minimum Gasteiger partial charge on any atom is -0.378 e. The van der Waals surface area contributed by atoms with Gasteiger partial charge in [-0.15, -0.1) is 0 Å². The van der Waals surface area contributed by atoms with Gasteiger partial charge in [-0.2, -0.15) is 5.10 Å². The summed E-state index contributed by atoms with van der Waals surface area (Å²) in [6.45, 7) is 5.84. The fourth-order valence-corrected chi connectivity index (χ4v) is 3.14. The van der Waals surface area contributed by atoms with E-state index >= 15 is 0 Å². The molecule has 6 heteroatoms. The molecule has 3 rings (SSSR count). The monoisotopic (exact) mass is 340 g/mol. The molecule has 0 spiro atoms. The molecule has 0 atom stereocenters. The maximum atomic E-state index is 12.5. The van der Waals surface area contributed by atoms with Gasteiger partial charge in [0.05, 0.1) is 23.5 Å². The van der Waals surface area contributed by atoms with E-state index < -0.39 is 0 Å². The van der Waals surface area contributed by atoms with Crippen LogP contribution >= 0.6 is 0 Å². The molecule has 25 heavy (non-hydrogen) atoms. The van der Waals surface area contributed by atoms with E-state index in [2.05, 4.69) is 20.1 Å². The van der Waals surface area contributed by atoms with E-state index in [0.29, 0.717) is 19.7 Å². The van der Waals surface area contributed by atoms with E-state index in [1.54, 1.807) is 13.2 Å². The summed E-state index contributed by atoms with van der Waals surface area (Å²) in [5.74, 6) is 0. The molecule has 0 amide bonds. The van der Waals surface area contributed by atoms with Crippen molar-refractivity contribution in [2.24, 2.45) is 0 Å². The summed E-state index contributed by atoms with van der Waals surface area (Å²) < 4.78 is 5.09. The Morgan fingerprint density at radius 2 is 1.88 bits per heavy atom. The lowest BCUT2D eigenvalue weighted by atomic mass is 10.0. The number of aromatic nitrogens is 3. The second kappa shape index (κ2) is 7.21. The lowest BCUT2D eigenvalue weighted by Crippen LogP contribution is -2.20. The summed E-state index contributed by atoms with van der Waals surface area (Å²) in [6.07, 6.45) is 0. The van der Waals surface area contributed by atoms with E-state index in [1.807, 2.05) is 39.1 Å². The molecule has 3 aromatic rings. The van der Waals surface area contributed by atoms with Gasteiger partial charge in [-0.25, -0.2) is 0 Å². The van der Waals surface area contributed by atoms with Crippen LogP contribution in [0.3, 0.4) is 0 Å². The van der Waals surface area contributed by atoms with Gasteiger partial charge in [-0.3, -0.25) is 14.8 Å². The molecule has 0 fully saturated rings. The number of nitrogens with zero attached hydrogens (tertiary/aromatic N) is 2. The van der Waals surface area contributed by atoms with Crippen molar-refractivity contribution in [3.8, 4) is 0 Å². The van der Waals surface area contributed by atoms with Crippen LogP contribution < -0.4 is 5.43 Å². The molecule has 0 aliphatic heterocycles. The molecule has 1 aromatic carbocycles. The molecule has 2 N–H and O–H groups in total. The molecule has 132 valence electrons. The zero-order valence-electron chi connectivity index (χ0n) is 15.1. The van der Waals surface area contributed by atoms with Crippen LogP contribution in [-0.4, -0.2) is 34.2 Å². The van der Waals surface area contributed by atoms with Crippen LogP contribution in [0.15, 0.2) is 29.1 Å². The van der Waals surface area contributed by atoms with E-state index in [1.165, 1.54) is 0 Å². The Hall–Kier alpha value is -2.44. The summed E-state index contributed by atoms with van der Waals surface area (Å²) >= 11 is 0. The molecule has 0 saturated carbocycles. The third-order valence-electron chi connectivity index (χ3n) is 4.32. The predicted octanol–water partition coefficient (Wildman–Crippen LogP) is 2.65. The van der Waals surface area contributed by atoms with Gasteiger partial charge < -0.3 is 9.72 Å². The van der Waals surface area contributed by atoms with Gasteiger partial charge in [0.15, 0.2) is 5.43 Å². The van der Waals surface area contributed by atoms with Gasteiger partial charge >= 0.3 is 0 Å². The molecule has 0 aliphatic rings. The topological polar surface area (TPSA) is 74.0 Å². The first-order valence-corrected chi connectivity index (χ1v) is 8.30. The number of hydrogen-bond acceptors (Lipinski definition) is 4. The van der Waals surface area contributed by atoms with Crippen LogP contribution in [0.2, 0.25) is 0 Å². The summed E-state index contributed by atoms with van der Waals surface area (Å²) in [6, 6.07) is 7.73. The van der Waals surface area contributed by atoms with Crippen molar-refractivity contribution in [2.45, 2.75) is 33.5 Å². The van der Waals surface area contributed by atoms with E-state index in [9.17, 15) is 4.79 Å². The first kappa shape index (κ1) is 17.4. The van der Waals surface area contributed by atoms with Crippen LogP contribution in [0.25, 0.3) is 10.9 Å². The molecular weight excluding hydrogens is 316 g/mol. The number of methoxy groups -OCH3 is 1. The quantitative estimate of drug-likeness (QED) is 0.723. The molecule has 0 radical (unpaired) electrons. The third kappa shape index (κ3) is 3.81. The minimum atomic E-state index is 0.0699. The van der Waals surface area contributed by atoms with Crippen LogP contribution in [0.5, 0.6) is 0 Å². The number of H-pyrrole nitrogens is 2. The number of hydrogen-bond donors (Lipinski definition) is 2. The number of benzene rings is 1. The minimum absolute atomic E-state index is 0.0699. The second-order valence-electron chi connectivity index (χ2n) is 6.60. The Labute approximate surface area is 146 Å². The second-order valence-corrected chi connectivity index (χ2v) is 6.60. The average Bonchev–Trinajstić information content (AvgIpc) is 2.98. The molecule has 0 aliphatic carbocycles. The SMILES string of the molecule is COCc1cc(CN(C)Cc2cc(=O)c3c(C)ccc(C)c3[nH]2)n[nH]1. The highest BCUT2D eigenvalue weighted by molar-refractivity contribution is 5.84. The number of fused-ring (bicyclic) bond motifs is 1. The molecule has 0 saturated heterocycles. The number of ether oxygens (including phenoxy) is 1. The predicted molar refractivity (Wildman–Crippen MR) is 98.5 cm³/mol. The van der Waals surface area contributed by atoms with Crippen molar-refractivity contribution in [1.82, 2.24) is 20.1 Å². The van der Waals surface area contributed by atoms with Crippen LogP contribution in [0.4, 0.5) is 0 Å². The van der Waals surface area contributed by atoms with Gasteiger partial charge in [0.2, 0.25) is 0 Å². The van der Waals surface area contributed by atoms with Gasteiger partial charge in [-0.05, 0) is 38.1 Å². The lowest BCUT2D eigenvalue weighted by molar-refractivity contribution is 0.181. The Bertz CT molecular complexity index is 942. The van der Waals surface area contributed by atoms with Gasteiger partial charge in [0, 0.05) is 37.3 Å². The van der Waals surface area contributed by atoms with Gasteiger partial charge in [-0.1, -0.05) is 12.1 Å². The fraction of sp³-hybridized carbons (Fsp3) is 0.368. The summed E-state index contributed by atoms with van der Waals surface area (Å²) in [4.78, 5) is 18.1. The van der Waals surface area contributed by atoms with Crippen LogP contribution in [-0.2, 0) is 24.4 Å². The van der Waals surface area contributed by atoms with Crippen LogP contribution in [0.1, 0.15) is 28.2 Å². The number of aromatic amines is 2. The highest BCUT2D eigenvalue weighted by Crippen LogP contribution is 2.18. The highest BCUT2D eigenvalue weighted by Gasteiger charge is 2.10. The smallest absolute Gasteiger partial charge is 0.189 e. The normalized spacial score (nSPS) is 11.6. The van der Waals surface area contributed by atoms with Crippen molar-refractivity contribution >= 4 is 10.9 Å². The van der Waals surface area contributed by atoms with Crippen molar-refractivity contribution in [2.75, 3.05) is 14.2 Å². The Morgan fingerprint density at radius 3 is 2.64 bits per heavy atom. The Morgan fingerprint density at radius 1 is 1.12 bits per heavy atom. The van der Waals surface area contributed by atoms with Crippen molar-refractivity contribution < 1.29 is 4.74 Å². The summed E-state index contributed by atoms with van der Waals surface area (Å²) in [5, 5.41) is 8.03. The average molecular weight is 340 g/mol. The number of rotatable bonds is 6. The Balaban J connectivity index is 1.80. The van der Waals surface area contributed by atoms with Crippen molar-refractivity contribution in [3.63, 3.8) is 0 Å². The first-order chi connectivity index (χ1) is 12.0. The van der Waals surface area contributed by atoms with Crippen LogP contribution in [0, 0.1) is 13.8 Å². The molecular formula is C19H24N4O2. The maximum Gasteiger partial charge on any atom is 0.189 e. The molecule has 2 heterocycles. The maximum absolute atomic E-state index is 12.5. The van der Waals surface area contributed by atoms with Gasteiger partial charge in [0.1, 0.15) is 0 Å². The number of aryl methyl sites for hydroxylation is 2. The standard InChI is InChI=1S/C19H24N4O2/c1-12-5-6-13(2)19-18(12)17(24)8-14(20-19)9-23(3)10-15-7-16(11-25-4)22-21-15/h5-8H,9-11H2,1-4H3,(H,20,24)(H,21,22). The Kier molecular flexibility index (Phi) is 5.01. The fourth-order valence-electron chi connectivity index (χ4n) is 3.14. The lowest BCUT2D eigenvalue weighted by Gasteiger charge is -2.16. The molecule has 2 aromatic heterocycles. The highest BCUT2D eigenvalue weighted by atomic mass is 16.5. The largest absolute Gasteiger partial charge is 0.378 e. The van der Waals surface area contributed by atoms with E-state index in [0.717, 1.165) is 39.1 Å². The van der Waals surface area contributed by atoms with E-state index in [-0.39, 0.29) is 5.43 Å². The van der Waals surface area contributed by atoms with Crippen molar-refractivity contribution in [1.29, 1.82) is 0 Å². The van der Waals surface area contributed by atoms with Gasteiger partial charge in [0.25, 0.3) is 0 Å². The summed E-state index contributed by atoms with van der Waals surface area (Å²) in [5.41, 5.74) is 5.89. The zero-order chi connectivity index (χ0) is 18.0.